The normalized spacial score (nSPS) is 33.8. The first kappa shape index (κ1) is 28.8. The quantitative estimate of drug-likeness (QED) is 0.421. The van der Waals surface area contributed by atoms with Crippen LogP contribution in [-0.4, -0.2) is 70.8 Å². The van der Waals surface area contributed by atoms with Gasteiger partial charge in [-0.3, -0.25) is 14.4 Å². The largest absolute Gasteiger partial charge is 0.465 e. The summed E-state index contributed by atoms with van der Waals surface area (Å²) in [5, 5.41) is 10.9. The van der Waals surface area contributed by atoms with Crippen molar-refractivity contribution in [2.45, 2.75) is 76.7 Å². The van der Waals surface area contributed by atoms with E-state index in [0.717, 1.165) is 24.8 Å². The second-order valence-corrected chi connectivity index (χ2v) is 12.4. The lowest BCUT2D eigenvalue weighted by Crippen LogP contribution is -2.59. The van der Waals surface area contributed by atoms with Crippen molar-refractivity contribution < 1.29 is 29.0 Å². The Balaban J connectivity index is 1.70. The van der Waals surface area contributed by atoms with Gasteiger partial charge in [0.2, 0.25) is 5.91 Å². The average molecular weight is 571 g/mol. The lowest BCUT2D eigenvalue weighted by atomic mass is 9.74. The Hall–Kier alpha value is -2.68. The van der Waals surface area contributed by atoms with Gasteiger partial charge in [-0.15, -0.1) is 0 Å². The summed E-state index contributed by atoms with van der Waals surface area (Å²) >= 11 is 6.63. The second kappa shape index (κ2) is 11.0. The molecule has 0 radical (unpaired) electrons. The first-order chi connectivity index (χ1) is 19.1. The summed E-state index contributed by atoms with van der Waals surface area (Å²) in [6.45, 7) is 7.86. The number of hydrogen-bond donors (Lipinski definition) is 1. The fourth-order valence-corrected chi connectivity index (χ4v) is 7.44. The van der Waals surface area contributed by atoms with Gasteiger partial charge in [-0.25, -0.2) is 0 Å². The molecule has 0 saturated carbocycles. The summed E-state index contributed by atoms with van der Waals surface area (Å²) in [5.74, 6) is -3.04. The molecule has 6 atom stereocenters. The number of likely N-dealkylation sites (tertiary alicyclic amines) is 1. The Bertz CT molecular complexity index is 1230. The molecule has 1 aromatic rings. The van der Waals surface area contributed by atoms with E-state index in [1.165, 1.54) is 4.90 Å². The van der Waals surface area contributed by atoms with Gasteiger partial charge in [0.15, 0.2) is 0 Å². The molecule has 2 amide bonds. The summed E-state index contributed by atoms with van der Waals surface area (Å²) in [5.41, 5.74) is -1.21. The van der Waals surface area contributed by atoms with Gasteiger partial charge in [-0.05, 0) is 57.1 Å². The van der Waals surface area contributed by atoms with Crippen molar-refractivity contribution in [3.8, 4) is 0 Å². The average Bonchev–Trinajstić information content (AvgIpc) is 3.23. The second-order valence-electron chi connectivity index (χ2n) is 12.0. The van der Waals surface area contributed by atoms with Gasteiger partial charge in [0.1, 0.15) is 17.6 Å². The van der Waals surface area contributed by atoms with E-state index < -0.39 is 41.1 Å². The highest BCUT2D eigenvalue weighted by molar-refractivity contribution is 6.34. The lowest BCUT2D eigenvalue weighted by molar-refractivity contribution is -0.160. The lowest BCUT2D eigenvalue weighted by Gasteiger charge is -2.40. The number of aliphatic hydroxyl groups is 1. The molecule has 0 bridgehead atoms. The molecule has 5 rings (SSSR count). The number of hydrogen-bond acceptors (Lipinski definition) is 6. The van der Waals surface area contributed by atoms with Gasteiger partial charge in [-0.1, -0.05) is 61.9 Å². The number of rotatable bonds is 5. The zero-order valence-corrected chi connectivity index (χ0v) is 24.4. The predicted octanol–water partition coefficient (Wildman–Crippen LogP) is 4.21. The number of fused-ring (bicyclic) bond motifs is 2. The number of esters is 1. The van der Waals surface area contributed by atoms with E-state index >= 15 is 0 Å². The van der Waals surface area contributed by atoms with Crippen molar-refractivity contribution >= 4 is 35.1 Å². The number of amides is 2. The van der Waals surface area contributed by atoms with E-state index in [0.29, 0.717) is 17.1 Å². The van der Waals surface area contributed by atoms with E-state index in [2.05, 4.69) is 0 Å². The smallest absolute Gasteiger partial charge is 0.313 e. The minimum atomic E-state index is -1.43. The molecule has 40 heavy (non-hydrogen) atoms. The number of aliphatic hydroxyl groups excluding tert-OH is 1. The fraction of sp³-hybridized carbons (Fsp3) is 0.581. The molecule has 1 aromatic carbocycles. The third-order valence-electron chi connectivity index (χ3n) is 8.74. The molecule has 2 saturated heterocycles. The third-order valence-corrected chi connectivity index (χ3v) is 9.05. The van der Waals surface area contributed by atoms with Gasteiger partial charge >= 0.3 is 5.97 Å². The molecule has 0 aromatic heterocycles. The molecule has 4 aliphatic rings. The fourth-order valence-electron chi connectivity index (χ4n) is 7.12. The zero-order valence-electron chi connectivity index (χ0n) is 23.6. The number of carbonyl (C=O) groups is 3. The molecule has 4 heterocycles. The van der Waals surface area contributed by atoms with Crippen molar-refractivity contribution in [1.29, 1.82) is 0 Å². The SMILES string of the molecule is Cc1cccc(Cl)c1N1CC=C[C@]23O[C@]4(C)/C=C\CCCCOC(=O)[C@@H]4[C@H]2C(=O)N([C@@H](CO)CC(C)C)C3C1=O. The minimum Gasteiger partial charge on any atom is -0.465 e. The molecular formula is C31H39ClN2O6. The van der Waals surface area contributed by atoms with Gasteiger partial charge in [-0.2, -0.15) is 0 Å². The number of para-hydroxylation sites is 1. The highest BCUT2D eigenvalue weighted by atomic mass is 35.5. The van der Waals surface area contributed by atoms with Crippen molar-refractivity contribution in [3.63, 3.8) is 0 Å². The monoisotopic (exact) mass is 570 g/mol. The van der Waals surface area contributed by atoms with Crippen LogP contribution in [0.4, 0.5) is 5.69 Å². The molecule has 9 heteroatoms. The third kappa shape index (κ3) is 4.58. The predicted molar refractivity (Wildman–Crippen MR) is 152 cm³/mol. The topological polar surface area (TPSA) is 96.4 Å². The number of halogens is 1. The van der Waals surface area contributed by atoms with E-state index in [1.54, 1.807) is 24.0 Å². The maximum Gasteiger partial charge on any atom is 0.313 e. The number of allylic oxidation sites excluding steroid dienone is 1. The van der Waals surface area contributed by atoms with E-state index in [1.807, 2.05) is 51.1 Å². The van der Waals surface area contributed by atoms with Gasteiger partial charge in [0.25, 0.3) is 5.91 Å². The van der Waals surface area contributed by atoms with Crippen LogP contribution in [-0.2, 0) is 23.9 Å². The van der Waals surface area contributed by atoms with Gasteiger partial charge < -0.3 is 24.4 Å². The highest BCUT2D eigenvalue weighted by Crippen LogP contribution is 2.58. The number of benzene rings is 1. The van der Waals surface area contributed by atoms with E-state index in [4.69, 9.17) is 21.1 Å². The molecule has 4 aliphatic heterocycles. The molecular weight excluding hydrogens is 532 g/mol. The van der Waals surface area contributed by atoms with E-state index in [9.17, 15) is 19.5 Å². The summed E-state index contributed by atoms with van der Waals surface area (Å²) in [6, 6.07) is 3.71. The van der Waals surface area contributed by atoms with Crippen molar-refractivity contribution in [3.05, 3.63) is 53.1 Å². The first-order valence-electron chi connectivity index (χ1n) is 14.3. The van der Waals surface area contributed by atoms with Gasteiger partial charge in [0.05, 0.1) is 41.5 Å². The number of aryl methyl sites for hydroxylation is 1. The zero-order chi connectivity index (χ0) is 28.8. The Kier molecular flexibility index (Phi) is 7.89. The molecule has 1 N–H and O–H groups in total. The van der Waals surface area contributed by atoms with Crippen LogP contribution in [0, 0.1) is 24.7 Å². The summed E-state index contributed by atoms with van der Waals surface area (Å²) < 4.78 is 12.6. The van der Waals surface area contributed by atoms with Crippen molar-refractivity contribution in [2.75, 3.05) is 24.7 Å². The number of ether oxygens (including phenoxy) is 2. The van der Waals surface area contributed by atoms with Crippen LogP contribution < -0.4 is 4.90 Å². The van der Waals surface area contributed by atoms with Crippen LogP contribution in [0.25, 0.3) is 0 Å². The van der Waals surface area contributed by atoms with Crippen LogP contribution >= 0.6 is 11.6 Å². The van der Waals surface area contributed by atoms with Crippen LogP contribution in [0.15, 0.2) is 42.5 Å². The Morgan fingerprint density at radius 2 is 1.88 bits per heavy atom. The first-order valence-corrected chi connectivity index (χ1v) is 14.6. The van der Waals surface area contributed by atoms with Crippen LogP contribution in [0.3, 0.4) is 0 Å². The molecule has 8 nitrogen and oxygen atoms in total. The Morgan fingerprint density at radius 1 is 1.10 bits per heavy atom. The Labute approximate surface area is 240 Å². The van der Waals surface area contributed by atoms with Crippen molar-refractivity contribution in [2.24, 2.45) is 17.8 Å². The summed E-state index contributed by atoms with van der Waals surface area (Å²) in [4.78, 5) is 46.0. The van der Waals surface area contributed by atoms with Crippen LogP contribution in [0.5, 0.6) is 0 Å². The maximum atomic E-state index is 14.7. The van der Waals surface area contributed by atoms with E-state index in [-0.39, 0.29) is 37.5 Å². The van der Waals surface area contributed by atoms with Gasteiger partial charge in [0, 0.05) is 6.54 Å². The Morgan fingerprint density at radius 3 is 2.58 bits per heavy atom. The van der Waals surface area contributed by atoms with Crippen molar-refractivity contribution in [1.82, 2.24) is 4.90 Å². The summed E-state index contributed by atoms with van der Waals surface area (Å²) in [7, 11) is 0. The maximum absolute atomic E-state index is 14.7. The number of cyclic esters (lactones) is 1. The standard InChI is InChI=1S/C31H39ClN2O6/c1-19(2)17-21(18-35)34-26-28(37)33(25-20(3)11-9-12-22(25)32)15-10-14-31(26)23(27(34)36)24-29(38)39-16-8-6-5-7-13-30(24,4)40-31/h7,9-14,19,21,23-24,26,35H,5-6,8,15-18H2,1-4H3/b13-7-/t21-,23+,24+,26?,30-,31+/m1/s1. The molecule has 1 spiro atoms. The molecule has 2 fully saturated rings. The minimum absolute atomic E-state index is 0.146. The number of anilines is 1. The number of nitrogens with zero attached hydrogens (tertiary/aromatic N) is 2. The van der Waals surface area contributed by atoms with Crippen LogP contribution in [0.2, 0.25) is 5.02 Å². The molecule has 1 unspecified atom stereocenters. The summed E-state index contributed by atoms with van der Waals surface area (Å²) in [6.07, 6.45) is 10.4. The number of carbonyl (C=O) groups excluding carboxylic acids is 3. The van der Waals surface area contributed by atoms with Crippen LogP contribution in [0.1, 0.15) is 52.0 Å². The highest BCUT2D eigenvalue weighted by Gasteiger charge is 2.75. The molecule has 0 aliphatic carbocycles. The molecule has 216 valence electrons.